The first-order valence-corrected chi connectivity index (χ1v) is 5.47. The minimum Gasteiger partial charge on any atom is -0.381 e. The van der Waals surface area contributed by atoms with Crippen LogP contribution in [-0.4, -0.2) is 21.2 Å². The Kier molecular flexibility index (Phi) is 2.67. The fourth-order valence-electron chi connectivity index (χ4n) is 1.72. The summed E-state index contributed by atoms with van der Waals surface area (Å²) in [4.78, 5) is 11.7. The number of aliphatic hydroxyl groups is 1. The first-order chi connectivity index (χ1) is 7.89. The third kappa shape index (κ3) is 2.17. The van der Waals surface area contributed by atoms with E-state index in [0.717, 1.165) is 16.6 Å². The van der Waals surface area contributed by atoms with Crippen LogP contribution in [0.4, 0.5) is 5.69 Å². The van der Waals surface area contributed by atoms with E-state index in [0.29, 0.717) is 0 Å². The second kappa shape index (κ2) is 3.89. The lowest BCUT2D eigenvalue weighted by Crippen LogP contribution is -2.36. The lowest BCUT2D eigenvalue weighted by molar-refractivity contribution is -0.130. The first kappa shape index (κ1) is 11.7. The molecule has 2 aromatic rings. The number of carbonyl (C=O) groups excluding carboxylic acids is 1. The maximum atomic E-state index is 11.7. The number of fused-ring (bicyclic) bond motifs is 1. The number of hydrogen-bond donors (Lipinski definition) is 2. The van der Waals surface area contributed by atoms with Crippen molar-refractivity contribution >= 4 is 22.5 Å². The Morgan fingerprint density at radius 2 is 2.00 bits per heavy atom. The number of amides is 1. The van der Waals surface area contributed by atoms with Crippen molar-refractivity contribution in [2.45, 2.75) is 19.4 Å². The van der Waals surface area contributed by atoms with Gasteiger partial charge in [-0.15, -0.1) is 0 Å². The number of para-hydroxylation sites is 1. The number of nitrogens with one attached hydrogen (secondary N) is 1. The smallest absolute Gasteiger partial charge is 0.255 e. The normalized spacial score (nSPS) is 11.8. The molecule has 0 atom stereocenters. The van der Waals surface area contributed by atoms with Crippen LogP contribution in [0.1, 0.15) is 13.8 Å². The molecule has 0 aliphatic carbocycles. The van der Waals surface area contributed by atoms with E-state index in [-0.39, 0.29) is 0 Å². The summed E-state index contributed by atoms with van der Waals surface area (Å²) in [5.41, 5.74) is 0.380. The minimum atomic E-state index is -1.38. The van der Waals surface area contributed by atoms with Gasteiger partial charge in [-0.05, 0) is 19.9 Å². The summed E-state index contributed by atoms with van der Waals surface area (Å²) in [6, 6.07) is 7.79. The predicted molar refractivity (Wildman–Crippen MR) is 67.8 cm³/mol. The van der Waals surface area contributed by atoms with Crippen molar-refractivity contribution in [2.75, 3.05) is 5.32 Å². The molecule has 0 bridgehead atoms. The maximum absolute atomic E-state index is 11.7. The summed E-state index contributed by atoms with van der Waals surface area (Å²) in [5.74, 6) is -0.408. The van der Waals surface area contributed by atoms with Crippen molar-refractivity contribution in [3.8, 4) is 0 Å². The SMILES string of the molecule is Cn1cc(NC(=O)C(C)(C)O)c2ccccc21. The van der Waals surface area contributed by atoms with Crippen LogP contribution < -0.4 is 5.32 Å². The third-order valence-electron chi connectivity index (χ3n) is 2.70. The Morgan fingerprint density at radius 1 is 1.35 bits per heavy atom. The molecule has 2 N–H and O–H groups in total. The molecule has 0 saturated heterocycles. The summed E-state index contributed by atoms with van der Waals surface area (Å²) in [6.45, 7) is 2.93. The molecular weight excluding hydrogens is 216 g/mol. The van der Waals surface area contributed by atoms with Crippen LogP contribution in [-0.2, 0) is 11.8 Å². The van der Waals surface area contributed by atoms with Gasteiger partial charge in [-0.25, -0.2) is 0 Å². The highest BCUT2D eigenvalue weighted by Gasteiger charge is 2.24. The van der Waals surface area contributed by atoms with Gasteiger partial charge < -0.3 is 15.0 Å². The number of aromatic nitrogens is 1. The molecule has 0 unspecified atom stereocenters. The highest BCUT2D eigenvalue weighted by molar-refractivity contribution is 6.04. The molecule has 0 spiro atoms. The molecule has 4 nitrogen and oxygen atoms in total. The zero-order valence-corrected chi connectivity index (χ0v) is 10.2. The fraction of sp³-hybridized carbons (Fsp3) is 0.308. The first-order valence-electron chi connectivity index (χ1n) is 5.47. The molecule has 4 heteroatoms. The summed E-state index contributed by atoms with van der Waals surface area (Å²) in [6.07, 6.45) is 1.84. The molecule has 2 rings (SSSR count). The number of anilines is 1. The van der Waals surface area contributed by atoms with Gasteiger partial charge in [-0.2, -0.15) is 0 Å². The number of rotatable bonds is 2. The molecular formula is C13H16N2O2. The predicted octanol–water partition coefficient (Wildman–Crippen LogP) is 1.89. The van der Waals surface area contributed by atoms with Gasteiger partial charge in [0.2, 0.25) is 0 Å². The second-order valence-electron chi connectivity index (χ2n) is 4.68. The Balaban J connectivity index is 2.41. The molecule has 0 aliphatic rings. The van der Waals surface area contributed by atoms with Gasteiger partial charge in [-0.1, -0.05) is 18.2 Å². The molecule has 0 fully saturated rings. The number of carbonyl (C=O) groups is 1. The molecule has 17 heavy (non-hydrogen) atoms. The van der Waals surface area contributed by atoms with E-state index in [1.807, 2.05) is 42.1 Å². The highest BCUT2D eigenvalue weighted by Crippen LogP contribution is 2.25. The number of benzene rings is 1. The van der Waals surface area contributed by atoms with Crippen molar-refractivity contribution < 1.29 is 9.90 Å². The zero-order chi connectivity index (χ0) is 12.6. The number of nitrogens with zero attached hydrogens (tertiary/aromatic N) is 1. The second-order valence-corrected chi connectivity index (χ2v) is 4.68. The number of aryl methyl sites for hydroxylation is 1. The van der Waals surface area contributed by atoms with Gasteiger partial charge in [0.25, 0.3) is 5.91 Å². The van der Waals surface area contributed by atoms with Crippen LogP contribution in [0.2, 0.25) is 0 Å². The van der Waals surface area contributed by atoms with Gasteiger partial charge in [0.15, 0.2) is 0 Å². The Morgan fingerprint density at radius 3 is 2.65 bits per heavy atom. The van der Waals surface area contributed by atoms with Gasteiger partial charge in [-0.3, -0.25) is 4.79 Å². The van der Waals surface area contributed by atoms with Crippen molar-refractivity contribution in [3.63, 3.8) is 0 Å². The standard InChI is InChI=1S/C13H16N2O2/c1-13(2,17)12(16)14-10-8-15(3)11-7-5-4-6-9(10)11/h4-8,17H,1-3H3,(H,14,16). The Bertz CT molecular complexity index is 564. The van der Waals surface area contributed by atoms with Crippen LogP contribution in [0.25, 0.3) is 10.9 Å². The van der Waals surface area contributed by atoms with E-state index in [4.69, 9.17) is 0 Å². The molecule has 1 heterocycles. The van der Waals surface area contributed by atoms with E-state index in [2.05, 4.69) is 5.32 Å². The van der Waals surface area contributed by atoms with E-state index >= 15 is 0 Å². The number of hydrogen-bond acceptors (Lipinski definition) is 2. The summed E-state index contributed by atoms with van der Waals surface area (Å²) in [5, 5.41) is 13.3. The molecule has 90 valence electrons. The van der Waals surface area contributed by atoms with Crippen LogP contribution in [0.5, 0.6) is 0 Å². The fourth-order valence-corrected chi connectivity index (χ4v) is 1.72. The quantitative estimate of drug-likeness (QED) is 0.830. The molecule has 1 aromatic heterocycles. The van der Waals surface area contributed by atoms with Crippen molar-refractivity contribution in [3.05, 3.63) is 30.5 Å². The van der Waals surface area contributed by atoms with Crippen molar-refractivity contribution in [1.29, 1.82) is 0 Å². The summed E-state index contributed by atoms with van der Waals surface area (Å²) < 4.78 is 1.94. The van der Waals surface area contributed by atoms with Crippen LogP contribution >= 0.6 is 0 Å². The van der Waals surface area contributed by atoms with E-state index in [9.17, 15) is 9.90 Å². The largest absolute Gasteiger partial charge is 0.381 e. The van der Waals surface area contributed by atoms with Crippen LogP contribution in [0, 0.1) is 0 Å². The van der Waals surface area contributed by atoms with Gasteiger partial charge in [0.1, 0.15) is 5.60 Å². The monoisotopic (exact) mass is 232 g/mol. The highest BCUT2D eigenvalue weighted by atomic mass is 16.3. The molecule has 0 radical (unpaired) electrons. The topological polar surface area (TPSA) is 54.3 Å². The van der Waals surface area contributed by atoms with Gasteiger partial charge in [0, 0.05) is 24.1 Å². The molecule has 0 aliphatic heterocycles. The Hall–Kier alpha value is -1.81. The third-order valence-corrected chi connectivity index (χ3v) is 2.70. The average molecular weight is 232 g/mol. The van der Waals surface area contributed by atoms with Crippen LogP contribution in [0.3, 0.4) is 0 Å². The summed E-state index contributed by atoms with van der Waals surface area (Å²) >= 11 is 0. The molecule has 1 amide bonds. The van der Waals surface area contributed by atoms with Crippen molar-refractivity contribution in [2.24, 2.45) is 7.05 Å². The minimum absolute atomic E-state index is 0.408. The van der Waals surface area contributed by atoms with E-state index < -0.39 is 11.5 Å². The summed E-state index contributed by atoms with van der Waals surface area (Å²) in [7, 11) is 1.92. The lowest BCUT2D eigenvalue weighted by Gasteiger charge is -2.15. The lowest BCUT2D eigenvalue weighted by atomic mass is 10.1. The molecule has 0 saturated carbocycles. The molecule has 1 aromatic carbocycles. The maximum Gasteiger partial charge on any atom is 0.255 e. The zero-order valence-electron chi connectivity index (χ0n) is 10.2. The van der Waals surface area contributed by atoms with Gasteiger partial charge >= 0.3 is 0 Å². The van der Waals surface area contributed by atoms with E-state index in [1.54, 1.807) is 0 Å². The van der Waals surface area contributed by atoms with E-state index in [1.165, 1.54) is 13.8 Å². The van der Waals surface area contributed by atoms with Crippen LogP contribution in [0.15, 0.2) is 30.5 Å². The van der Waals surface area contributed by atoms with Crippen molar-refractivity contribution in [1.82, 2.24) is 4.57 Å². The van der Waals surface area contributed by atoms with Gasteiger partial charge in [0.05, 0.1) is 5.69 Å². The average Bonchev–Trinajstić information content (AvgIpc) is 2.56. The Labute approximate surface area is 99.9 Å².